The fraction of sp³-hybridized carbons (Fsp3) is 0.700. The van der Waals surface area contributed by atoms with Crippen molar-refractivity contribution in [2.75, 3.05) is 19.8 Å². The van der Waals surface area contributed by atoms with E-state index in [0.29, 0.717) is 19.4 Å². The molecule has 0 amide bonds. The third kappa shape index (κ3) is 4.20. The van der Waals surface area contributed by atoms with Gasteiger partial charge in [-0.05, 0) is 6.92 Å². The minimum absolute atomic E-state index is 0.209. The summed E-state index contributed by atoms with van der Waals surface area (Å²) >= 11 is 0. The van der Waals surface area contributed by atoms with Crippen LogP contribution in [0.15, 0.2) is 12.2 Å². The summed E-state index contributed by atoms with van der Waals surface area (Å²) < 4.78 is 5.25. The Kier molecular flexibility index (Phi) is 4.12. The summed E-state index contributed by atoms with van der Waals surface area (Å²) in [6.45, 7) is 7.86. The molecule has 13 heavy (non-hydrogen) atoms. The molecule has 0 bridgehead atoms. The number of carbonyl (C=O) groups excluding carboxylic acids is 1. The monoisotopic (exact) mass is 183 g/mol. The Labute approximate surface area is 79.2 Å². The van der Waals surface area contributed by atoms with Crippen molar-refractivity contribution in [2.24, 2.45) is 0 Å². The average Bonchev–Trinajstić information content (AvgIpc) is 2.04. The van der Waals surface area contributed by atoms with Gasteiger partial charge in [0.1, 0.15) is 5.78 Å². The zero-order valence-electron chi connectivity index (χ0n) is 8.14. The molecular formula is C10H17NO2. The van der Waals surface area contributed by atoms with Crippen molar-refractivity contribution in [3.05, 3.63) is 12.2 Å². The molecule has 1 atom stereocenters. The van der Waals surface area contributed by atoms with Gasteiger partial charge in [0.15, 0.2) is 0 Å². The van der Waals surface area contributed by atoms with Crippen LogP contribution in [0.3, 0.4) is 0 Å². The topological polar surface area (TPSA) is 38.3 Å². The van der Waals surface area contributed by atoms with Crippen LogP contribution in [0.25, 0.3) is 0 Å². The predicted molar refractivity (Wildman–Crippen MR) is 51.7 cm³/mol. The summed E-state index contributed by atoms with van der Waals surface area (Å²) in [5, 5.41) is 3.25. The second-order valence-electron chi connectivity index (χ2n) is 3.60. The molecular weight excluding hydrogens is 166 g/mol. The van der Waals surface area contributed by atoms with E-state index in [2.05, 4.69) is 11.9 Å². The molecule has 0 radical (unpaired) electrons. The van der Waals surface area contributed by atoms with Gasteiger partial charge >= 0.3 is 0 Å². The van der Waals surface area contributed by atoms with Crippen LogP contribution in [0.1, 0.15) is 19.8 Å². The van der Waals surface area contributed by atoms with Crippen LogP contribution in [0.5, 0.6) is 0 Å². The fourth-order valence-corrected chi connectivity index (χ4v) is 1.43. The lowest BCUT2D eigenvalue weighted by molar-refractivity contribution is -0.119. The lowest BCUT2D eigenvalue weighted by atomic mass is 10.1. The normalized spacial score (nSPS) is 22.7. The second kappa shape index (κ2) is 5.14. The molecule has 1 saturated heterocycles. The quantitative estimate of drug-likeness (QED) is 0.658. The highest BCUT2D eigenvalue weighted by molar-refractivity contribution is 5.81. The van der Waals surface area contributed by atoms with Crippen molar-refractivity contribution in [1.82, 2.24) is 5.32 Å². The van der Waals surface area contributed by atoms with Crippen LogP contribution < -0.4 is 5.32 Å². The Balaban J connectivity index is 2.22. The van der Waals surface area contributed by atoms with E-state index in [-0.39, 0.29) is 11.8 Å². The van der Waals surface area contributed by atoms with E-state index >= 15 is 0 Å². The number of ether oxygens (including phenoxy) is 1. The van der Waals surface area contributed by atoms with Crippen molar-refractivity contribution in [3.8, 4) is 0 Å². The minimum Gasteiger partial charge on any atom is -0.379 e. The lowest BCUT2D eigenvalue weighted by Gasteiger charge is -2.23. The van der Waals surface area contributed by atoms with Gasteiger partial charge in [-0.1, -0.05) is 12.2 Å². The summed E-state index contributed by atoms with van der Waals surface area (Å²) in [6, 6.07) is 0.209. The Morgan fingerprint density at radius 1 is 1.69 bits per heavy atom. The molecule has 74 valence electrons. The predicted octanol–water partition coefficient (Wildman–Crippen LogP) is 0.900. The SMILES string of the molecule is C=C(C)CC(=O)CC1COCCN1. The molecule has 1 N–H and O–H groups in total. The summed E-state index contributed by atoms with van der Waals surface area (Å²) in [5.74, 6) is 0.246. The van der Waals surface area contributed by atoms with E-state index in [1.54, 1.807) is 0 Å². The number of nitrogens with one attached hydrogen (secondary N) is 1. The third-order valence-corrected chi connectivity index (χ3v) is 1.97. The van der Waals surface area contributed by atoms with E-state index in [0.717, 1.165) is 18.7 Å². The molecule has 1 heterocycles. The van der Waals surface area contributed by atoms with Crippen molar-refractivity contribution >= 4 is 5.78 Å². The number of rotatable bonds is 4. The minimum atomic E-state index is 0.209. The molecule has 0 saturated carbocycles. The Morgan fingerprint density at radius 3 is 3.00 bits per heavy atom. The van der Waals surface area contributed by atoms with Crippen molar-refractivity contribution in [3.63, 3.8) is 0 Å². The van der Waals surface area contributed by atoms with Crippen LogP contribution in [-0.4, -0.2) is 31.6 Å². The Morgan fingerprint density at radius 2 is 2.46 bits per heavy atom. The second-order valence-corrected chi connectivity index (χ2v) is 3.60. The van der Waals surface area contributed by atoms with Crippen LogP contribution in [0.2, 0.25) is 0 Å². The molecule has 0 aromatic heterocycles. The van der Waals surface area contributed by atoms with E-state index in [1.807, 2.05) is 6.92 Å². The maximum Gasteiger partial charge on any atom is 0.138 e. The van der Waals surface area contributed by atoms with Crippen LogP contribution in [-0.2, 0) is 9.53 Å². The van der Waals surface area contributed by atoms with Crippen molar-refractivity contribution in [2.45, 2.75) is 25.8 Å². The molecule has 3 heteroatoms. The van der Waals surface area contributed by atoms with Crippen LogP contribution >= 0.6 is 0 Å². The van der Waals surface area contributed by atoms with Crippen molar-refractivity contribution in [1.29, 1.82) is 0 Å². The van der Waals surface area contributed by atoms with Gasteiger partial charge in [0.05, 0.1) is 13.2 Å². The molecule has 1 fully saturated rings. The summed E-state index contributed by atoms with van der Waals surface area (Å²) in [7, 11) is 0. The molecule has 1 unspecified atom stereocenters. The third-order valence-electron chi connectivity index (χ3n) is 1.97. The lowest BCUT2D eigenvalue weighted by Crippen LogP contribution is -2.42. The summed E-state index contributed by atoms with van der Waals surface area (Å²) in [6.07, 6.45) is 1.06. The largest absolute Gasteiger partial charge is 0.379 e. The molecule has 3 nitrogen and oxygen atoms in total. The van der Waals surface area contributed by atoms with Crippen LogP contribution in [0, 0.1) is 0 Å². The molecule has 1 rings (SSSR count). The van der Waals surface area contributed by atoms with E-state index in [9.17, 15) is 4.79 Å². The number of hydrogen-bond donors (Lipinski definition) is 1. The van der Waals surface area contributed by atoms with Gasteiger partial charge in [0.25, 0.3) is 0 Å². The average molecular weight is 183 g/mol. The molecule has 1 aliphatic rings. The molecule has 0 aromatic rings. The Hall–Kier alpha value is -0.670. The zero-order valence-corrected chi connectivity index (χ0v) is 8.14. The first-order chi connectivity index (χ1) is 6.18. The van der Waals surface area contributed by atoms with E-state index in [1.165, 1.54) is 0 Å². The molecule has 0 spiro atoms. The highest BCUT2D eigenvalue weighted by Crippen LogP contribution is 2.05. The van der Waals surface area contributed by atoms with Gasteiger partial charge in [-0.3, -0.25) is 4.79 Å². The summed E-state index contributed by atoms with van der Waals surface area (Å²) in [4.78, 5) is 11.4. The highest BCUT2D eigenvalue weighted by atomic mass is 16.5. The first-order valence-corrected chi connectivity index (χ1v) is 4.65. The van der Waals surface area contributed by atoms with Gasteiger partial charge in [0.2, 0.25) is 0 Å². The van der Waals surface area contributed by atoms with E-state index in [4.69, 9.17) is 4.74 Å². The number of carbonyl (C=O) groups is 1. The number of morpholine rings is 1. The highest BCUT2D eigenvalue weighted by Gasteiger charge is 2.16. The first kappa shape index (κ1) is 10.4. The summed E-state index contributed by atoms with van der Waals surface area (Å²) in [5.41, 5.74) is 0.932. The van der Waals surface area contributed by atoms with Gasteiger partial charge in [-0.2, -0.15) is 0 Å². The Bertz CT molecular complexity index is 195. The van der Waals surface area contributed by atoms with Gasteiger partial charge < -0.3 is 10.1 Å². The maximum absolute atomic E-state index is 11.4. The molecule has 1 aliphatic heterocycles. The van der Waals surface area contributed by atoms with Gasteiger partial charge in [-0.15, -0.1) is 0 Å². The van der Waals surface area contributed by atoms with E-state index < -0.39 is 0 Å². The number of allylic oxidation sites excluding steroid dienone is 1. The van der Waals surface area contributed by atoms with Crippen LogP contribution in [0.4, 0.5) is 0 Å². The fourth-order valence-electron chi connectivity index (χ4n) is 1.43. The number of hydrogen-bond acceptors (Lipinski definition) is 3. The maximum atomic E-state index is 11.4. The molecule has 0 aromatic carbocycles. The van der Waals surface area contributed by atoms with Crippen molar-refractivity contribution < 1.29 is 9.53 Å². The van der Waals surface area contributed by atoms with Gasteiger partial charge in [0, 0.05) is 25.4 Å². The number of ketones is 1. The smallest absolute Gasteiger partial charge is 0.138 e. The first-order valence-electron chi connectivity index (χ1n) is 4.65. The zero-order chi connectivity index (χ0) is 9.68. The molecule has 0 aliphatic carbocycles. The standard InChI is InChI=1S/C10H17NO2/c1-8(2)5-10(12)6-9-7-13-4-3-11-9/h9,11H,1,3-7H2,2H3. The van der Waals surface area contributed by atoms with Gasteiger partial charge in [-0.25, -0.2) is 0 Å². The number of Topliss-reactive ketones (excluding diaryl/α,β-unsaturated/α-hetero) is 1.